The standard InChI is InChI=1S/C30H35ClF2N6O4/c1-36(2)12-6-5-7-25(40)38-13-15-39(16-14-38)30(42)20-9-8-19(17-22(20)31)35-29(41)28-34-18-23(37(28)3)21-10-11-24(43-4)27(33)26(21)32/h8-11,17-18H,5-7,12-16H2,1-4H3,(H,35,41). The van der Waals surface area contributed by atoms with Crippen LogP contribution in [0.25, 0.3) is 11.3 Å². The van der Waals surface area contributed by atoms with Crippen LogP contribution in [0.1, 0.15) is 40.2 Å². The molecular weight excluding hydrogens is 582 g/mol. The highest BCUT2D eigenvalue weighted by Gasteiger charge is 2.26. The van der Waals surface area contributed by atoms with Gasteiger partial charge in [-0.3, -0.25) is 14.4 Å². The minimum atomic E-state index is -1.14. The SMILES string of the molecule is COc1ccc(-c2cnc(C(=O)Nc3ccc(C(=O)N4CCN(C(=O)CCCCN(C)C)CC4)c(Cl)c3)n2C)c(F)c1F. The van der Waals surface area contributed by atoms with E-state index in [4.69, 9.17) is 16.3 Å². The second kappa shape index (κ2) is 14.0. The molecule has 13 heteroatoms. The molecule has 2 heterocycles. The van der Waals surface area contributed by atoms with Gasteiger partial charge in [0, 0.05) is 50.9 Å². The quantitative estimate of drug-likeness (QED) is 0.341. The summed E-state index contributed by atoms with van der Waals surface area (Å²) < 4.78 is 35.0. The molecule has 2 aromatic carbocycles. The summed E-state index contributed by atoms with van der Waals surface area (Å²) in [6.45, 7) is 2.66. The van der Waals surface area contributed by atoms with Gasteiger partial charge in [-0.2, -0.15) is 4.39 Å². The van der Waals surface area contributed by atoms with E-state index in [0.717, 1.165) is 19.4 Å². The molecule has 0 radical (unpaired) electrons. The van der Waals surface area contributed by atoms with E-state index in [1.165, 1.54) is 49.2 Å². The molecule has 4 rings (SSSR count). The average molecular weight is 617 g/mol. The number of rotatable bonds is 10. The van der Waals surface area contributed by atoms with Crippen molar-refractivity contribution < 1.29 is 27.9 Å². The number of methoxy groups -OCH3 is 1. The summed E-state index contributed by atoms with van der Waals surface area (Å²) in [6, 6.07) is 7.17. The van der Waals surface area contributed by atoms with Gasteiger partial charge in [0.15, 0.2) is 17.4 Å². The Labute approximate surface area is 254 Å². The molecule has 1 fully saturated rings. The van der Waals surface area contributed by atoms with Crippen molar-refractivity contribution in [1.29, 1.82) is 0 Å². The normalized spacial score (nSPS) is 13.4. The number of carbonyl (C=O) groups excluding carboxylic acids is 3. The van der Waals surface area contributed by atoms with Gasteiger partial charge in [-0.1, -0.05) is 11.6 Å². The molecule has 3 amide bonds. The third-order valence-corrected chi connectivity index (χ3v) is 7.67. The van der Waals surface area contributed by atoms with Crippen LogP contribution < -0.4 is 10.1 Å². The van der Waals surface area contributed by atoms with Crippen LogP contribution in [0.15, 0.2) is 36.5 Å². The molecule has 0 atom stereocenters. The van der Waals surface area contributed by atoms with Crippen molar-refractivity contribution in [2.45, 2.75) is 19.3 Å². The molecule has 0 saturated carbocycles. The van der Waals surface area contributed by atoms with Crippen LogP contribution in [-0.2, 0) is 11.8 Å². The number of hydrogen-bond acceptors (Lipinski definition) is 6. The van der Waals surface area contributed by atoms with Crippen molar-refractivity contribution in [3.63, 3.8) is 0 Å². The zero-order valence-electron chi connectivity index (χ0n) is 24.6. The van der Waals surface area contributed by atoms with Crippen LogP contribution in [0, 0.1) is 11.6 Å². The minimum Gasteiger partial charge on any atom is -0.494 e. The first-order valence-electron chi connectivity index (χ1n) is 13.9. The number of nitrogens with zero attached hydrogens (tertiary/aromatic N) is 5. The fourth-order valence-corrected chi connectivity index (χ4v) is 5.16. The molecule has 1 aliphatic heterocycles. The van der Waals surface area contributed by atoms with Gasteiger partial charge < -0.3 is 29.3 Å². The Balaban J connectivity index is 1.36. The highest BCUT2D eigenvalue weighted by atomic mass is 35.5. The van der Waals surface area contributed by atoms with Gasteiger partial charge in [-0.25, -0.2) is 9.37 Å². The van der Waals surface area contributed by atoms with E-state index >= 15 is 0 Å². The van der Waals surface area contributed by atoms with Crippen LogP contribution in [0.3, 0.4) is 0 Å². The third kappa shape index (κ3) is 7.31. The van der Waals surface area contributed by atoms with Gasteiger partial charge in [0.2, 0.25) is 11.7 Å². The number of unbranched alkanes of at least 4 members (excludes halogenated alkanes) is 1. The maximum atomic E-state index is 14.6. The molecule has 10 nitrogen and oxygen atoms in total. The summed E-state index contributed by atoms with van der Waals surface area (Å²) in [5.74, 6) is -3.32. The number of ether oxygens (including phenoxy) is 1. The van der Waals surface area contributed by atoms with Gasteiger partial charge in [0.25, 0.3) is 11.8 Å². The molecule has 1 aromatic heterocycles. The van der Waals surface area contributed by atoms with Gasteiger partial charge in [-0.05, 0) is 63.8 Å². The summed E-state index contributed by atoms with van der Waals surface area (Å²) in [7, 11) is 6.75. The predicted octanol–water partition coefficient (Wildman–Crippen LogP) is 4.30. The van der Waals surface area contributed by atoms with Gasteiger partial charge in [0.1, 0.15) is 0 Å². The summed E-state index contributed by atoms with van der Waals surface area (Å²) >= 11 is 6.44. The summed E-state index contributed by atoms with van der Waals surface area (Å²) in [5.41, 5.74) is 0.708. The van der Waals surface area contributed by atoms with Crippen molar-refractivity contribution in [2.24, 2.45) is 7.05 Å². The van der Waals surface area contributed by atoms with Crippen molar-refractivity contribution in [3.8, 4) is 17.0 Å². The van der Waals surface area contributed by atoms with E-state index < -0.39 is 17.5 Å². The maximum absolute atomic E-state index is 14.6. The molecular formula is C30H35ClF2N6O4. The van der Waals surface area contributed by atoms with E-state index in [-0.39, 0.29) is 45.2 Å². The highest BCUT2D eigenvalue weighted by molar-refractivity contribution is 6.34. The van der Waals surface area contributed by atoms with Crippen molar-refractivity contribution in [2.75, 3.05) is 59.2 Å². The highest BCUT2D eigenvalue weighted by Crippen LogP contribution is 2.30. The number of aromatic nitrogens is 2. The van der Waals surface area contributed by atoms with Crippen molar-refractivity contribution in [1.82, 2.24) is 24.3 Å². The number of piperazine rings is 1. The van der Waals surface area contributed by atoms with E-state index in [1.54, 1.807) is 15.9 Å². The fourth-order valence-electron chi connectivity index (χ4n) is 4.90. The van der Waals surface area contributed by atoms with Crippen LogP contribution in [-0.4, -0.2) is 95.9 Å². The van der Waals surface area contributed by atoms with Crippen molar-refractivity contribution in [3.05, 3.63) is 64.6 Å². The van der Waals surface area contributed by atoms with Crippen LogP contribution in [0.5, 0.6) is 5.75 Å². The summed E-state index contributed by atoms with van der Waals surface area (Å²) in [4.78, 5) is 48.3. The van der Waals surface area contributed by atoms with E-state index in [0.29, 0.717) is 38.3 Å². The Morgan fingerprint density at radius 3 is 2.37 bits per heavy atom. The first-order valence-corrected chi connectivity index (χ1v) is 14.3. The zero-order valence-corrected chi connectivity index (χ0v) is 25.4. The first kappa shape index (κ1) is 31.9. The van der Waals surface area contributed by atoms with E-state index in [2.05, 4.69) is 15.2 Å². The number of carbonyl (C=O) groups is 3. The zero-order chi connectivity index (χ0) is 31.3. The smallest absolute Gasteiger partial charge is 0.291 e. The molecule has 0 unspecified atom stereocenters. The summed E-state index contributed by atoms with van der Waals surface area (Å²) in [5, 5.41) is 2.83. The molecule has 43 heavy (non-hydrogen) atoms. The number of amides is 3. The maximum Gasteiger partial charge on any atom is 0.291 e. The second-order valence-electron chi connectivity index (χ2n) is 10.6. The number of hydrogen-bond donors (Lipinski definition) is 1. The Kier molecular flexibility index (Phi) is 10.4. The number of benzene rings is 2. The molecule has 3 aromatic rings. The monoisotopic (exact) mass is 616 g/mol. The third-order valence-electron chi connectivity index (χ3n) is 7.36. The second-order valence-corrected chi connectivity index (χ2v) is 11.0. The molecule has 0 bridgehead atoms. The van der Waals surface area contributed by atoms with Crippen LogP contribution in [0.4, 0.5) is 14.5 Å². The number of nitrogens with one attached hydrogen (secondary N) is 1. The fraction of sp³-hybridized carbons (Fsp3) is 0.400. The number of halogens is 3. The minimum absolute atomic E-state index is 0.0491. The molecule has 230 valence electrons. The van der Waals surface area contributed by atoms with Gasteiger partial charge in [0.05, 0.1) is 29.6 Å². The molecule has 0 spiro atoms. The largest absolute Gasteiger partial charge is 0.494 e. The predicted molar refractivity (Wildman–Crippen MR) is 159 cm³/mol. The molecule has 0 aliphatic carbocycles. The Morgan fingerprint density at radius 1 is 1.02 bits per heavy atom. The average Bonchev–Trinajstić information content (AvgIpc) is 3.37. The van der Waals surface area contributed by atoms with Crippen molar-refractivity contribution >= 4 is 35.0 Å². The Hall–Kier alpha value is -4.03. The summed E-state index contributed by atoms with van der Waals surface area (Å²) in [6.07, 6.45) is 3.56. The van der Waals surface area contributed by atoms with Crippen LogP contribution in [0.2, 0.25) is 5.02 Å². The topological polar surface area (TPSA) is 100 Å². The molecule has 1 N–H and O–H groups in total. The van der Waals surface area contributed by atoms with E-state index in [1.807, 2.05) is 14.1 Å². The number of imidazole rings is 1. The lowest BCUT2D eigenvalue weighted by molar-refractivity contribution is -0.132. The lowest BCUT2D eigenvalue weighted by atomic mass is 10.1. The van der Waals surface area contributed by atoms with Gasteiger partial charge in [-0.15, -0.1) is 0 Å². The first-order chi connectivity index (χ1) is 20.5. The van der Waals surface area contributed by atoms with E-state index in [9.17, 15) is 23.2 Å². The Bertz CT molecular complexity index is 1500. The van der Waals surface area contributed by atoms with Gasteiger partial charge >= 0.3 is 0 Å². The molecule has 1 aliphatic rings. The Morgan fingerprint density at radius 2 is 1.72 bits per heavy atom. The lowest BCUT2D eigenvalue weighted by Crippen LogP contribution is -2.50. The van der Waals surface area contributed by atoms with Crippen LogP contribution >= 0.6 is 11.6 Å². The lowest BCUT2D eigenvalue weighted by Gasteiger charge is -2.35. The molecule has 1 saturated heterocycles. The number of anilines is 1.